The number of hydrogen-bond acceptors (Lipinski definition) is 13. The summed E-state index contributed by atoms with van der Waals surface area (Å²) in [5.74, 6) is -1.80. The molecule has 16 nitrogen and oxygen atoms in total. The summed E-state index contributed by atoms with van der Waals surface area (Å²) in [5, 5.41) is 20.0. The van der Waals surface area contributed by atoms with Gasteiger partial charge in [-0.05, 0) is 78.9 Å². The Morgan fingerprint density at radius 2 is 1.22 bits per heavy atom. The number of methoxy groups -OCH3 is 1. The van der Waals surface area contributed by atoms with Gasteiger partial charge in [0.25, 0.3) is 30.4 Å². The summed E-state index contributed by atoms with van der Waals surface area (Å²) in [4.78, 5) is 1.48. The third kappa shape index (κ3) is 8.30. The Morgan fingerprint density at radius 3 is 1.84 bits per heavy atom. The van der Waals surface area contributed by atoms with Gasteiger partial charge in [0, 0.05) is 34.4 Å². The number of ether oxygens (including phenoxy) is 1. The van der Waals surface area contributed by atoms with Crippen LogP contribution in [0, 0.1) is 25.6 Å². The molecule has 6 rings (SSSR count). The van der Waals surface area contributed by atoms with Crippen molar-refractivity contribution in [2.75, 3.05) is 12.4 Å². The zero-order valence-electron chi connectivity index (χ0n) is 28.4. The van der Waals surface area contributed by atoms with E-state index in [4.69, 9.17) is 4.74 Å². The van der Waals surface area contributed by atoms with E-state index in [1.807, 2.05) is 0 Å². The molecule has 0 aliphatic rings. The van der Waals surface area contributed by atoms with Crippen molar-refractivity contribution in [1.82, 2.24) is 4.98 Å². The molecule has 0 unspecified atom stereocenters. The van der Waals surface area contributed by atoms with Gasteiger partial charge in [0.2, 0.25) is 5.95 Å². The molecule has 0 aliphatic heterocycles. The highest BCUT2D eigenvalue weighted by Crippen LogP contribution is 2.41. The lowest BCUT2D eigenvalue weighted by molar-refractivity contribution is 0.417. The number of rotatable bonds is 10. The average Bonchev–Trinajstić information content (AvgIpc) is 3.09. The van der Waals surface area contributed by atoms with Crippen LogP contribution >= 0.6 is 0 Å². The minimum atomic E-state index is -5.07. The minimum absolute atomic E-state index is 0.0212. The van der Waals surface area contributed by atoms with E-state index in [9.17, 15) is 47.7 Å². The van der Waals surface area contributed by atoms with Crippen molar-refractivity contribution in [2.45, 2.75) is 28.5 Å². The van der Waals surface area contributed by atoms with Crippen LogP contribution in [-0.2, 0) is 30.4 Å². The van der Waals surface area contributed by atoms with E-state index < -0.39 is 56.8 Å². The molecular weight excluding hydrogens is 787 g/mol. The van der Waals surface area contributed by atoms with Gasteiger partial charge in [0.1, 0.15) is 22.3 Å². The van der Waals surface area contributed by atoms with Gasteiger partial charge in [-0.3, -0.25) is 13.7 Å². The molecule has 0 atom stereocenters. The van der Waals surface area contributed by atoms with E-state index in [1.54, 1.807) is 13.0 Å². The summed E-state index contributed by atoms with van der Waals surface area (Å²) in [6, 6.07) is 15.5. The van der Waals surface area contributed by atoms with Crippen LogP contribution in [0.2, 0.25) is 0 Å². The molecular formula is C34H26F2N6O10S3. The maximum atomic E-state index is 13.7. The van der Waals surface area contributed by atoms with Crippen LogP contribution < -0.4 is 10.1 Å². The van der Waals surface area contributed by atoms with E-state index in [2.05, 4.69) is 30.8 Å². The zero-order valence-corrected chi connectivity index (χ0v) is 30.9. The van der Waals surface area contributed by atoms with Crippen LogP contribution in [-0.4, -0.2) is 51.0 Å². The van der Waals surface area contributed by atoms with E-state index in [-0.39, 0.29) is 55.9 Å². The molecule has 0 radical (unpaired) electrons. The zero-order chi connectivity index (χ0) is 40.0. The van der Waals surface area contributed by atoms with Crippen LogP contribution in [0.4, 0.5) is 43.0 Å². The fourth-order valence-corrected chi connectivity index (χ4v) is 7.41. The summed E-state index contributed by atoms with van der Waals surface area (Å²) >= 11 is 0. The number of nitrogens with zero attached hydrogens (tertiary/aromatic N) is 5. The van der Waals surface area contributed by atoms with Gasteiger partial charge in [-0.25, -0.2) is 9.37 Å². The molecule has 0 amide bonds. The Kier molecular flexibility index (Phi) is 10.2. The van der Waals surface area contributed by atoms with Gasteiger partial charge in [-0.2, -0.15) is 34.8 Å². The minimum Gasteiger partial charge on any atom is -0.494 e. The number of anilines is 2. The monoisotopic (exact) mass is 812 g/mol. The molecule has 55 heavy (non-hydrogen) atoms. The molecule has 21 heteroatoms. The molecule has 1 heterocycles. The van der Waals surface area contributed by atoms with Crippen molar-refractivity contribution in [3.63, 3.8) is 0 Å². The van der Waals surface area contributed by atoms with Crippen LogP contribution in [0.25, 0.3) is 21.5 Å². The van der Waals surface area contributed by atoms with E-state index in [1.165, 1.54) is 50.4 Å². The molecule has 0 aliphatic carbocycles. The Hall–Kier alpha value is -5.84. The maximum absolute atomic E-state index is 13.7. The number of hydrogen-bond donors (Lipinski definition) is 4. The third-order valence-electron chi connectivity index (χ3n) is 8.13. The normalized spacial score (nSPS) is 12.7. The summed E-state index contributed by atoms with van der Waals surface area (Å²) in [7, 11) is -13.3. The largest absolute Gasteiger partial charge is 0.494 e. The molecule has 0 fully saturated rings. The quantitative estimate of drug-likeness (QED) is 0.0577. The molecule has 0 spiro atoms. The van der Waals surface area contributed by atoms with Crippen LogP contribution in [0.3, 0.4) is 0 Å². The lowest BCUT2D eigenvalue weighted by Gasteiger charge is -2.13. The first-order valence-electron chi connectivity index (χ1n) is 15.4. The first-order valence-corrected chi connectivity index (χ1v) is 19.7. The van der Waals surface area contributed by atoms with E-state index >= 15 is 0 Å². The van der Waals surface area contributed by atoms with Crippen molar-refractivity contribution >= 4 is 86.2 Å². The lowest BCUT2D eigenvalue weighted by Crippen LogP contribution is -2.05. The first-order chi connectivity index (χ1) is 25.7. The van der Waals surface area contributed by atoms with Gasteiger partial charge in [-0.15, -0.1) is 15.3 Å². The third-order valence-corrected chi connectivity index (χ3v) is 10.7. The fraction of sp³-hybridized carbons (Fsp3) is 0.0882. The predicted octanol–water partition coefficient (Wildman–Crippen LogP) is 8.61. The second-order valence-electron chi connectivity index (χ2n) is 11.8. The SMILES string of the molecule is COc1cc(N=Nc2ccc(N=Nc3ccc(C)c4cc(S(=O)(=O)O)cc(S(=O)(=O)O)c34)c3ccc(S(=O)(=O)O)cc23)c(C)cc1Nc1cc(F)cc(F)n1. The van der Waals surface area contributed by atoms with E-state index in [0.29, 0.717) is 28.9 Å². The summed E-state index contributed by atoms with van der Waals surface area (Å²) in [6.45, 7) is 3.20. The molecule has 1 aromatic heterocycles. The summed E-state index contributed by atoms with van der Waals surface area (Å²) < 4.78 is 135. The van der Waals surface area contributed by atoms with Gasteiger partial charge in [-0.1, -0.05) is 12.1 Å². The van der Waals surface area contributed by atoms with Crippen LogP contribution in [0.5, 0.6) is 5.75 Å². The number of benzene rings is 5. The first kappa shape index (κ1) is 38.9. The Bertz CT molecular complexity index is 2960. The molecule has 0 saturated heterocycles. The maximum Gasteiger partial charge on any atom is 0.295 e. The van der Waals surface area contributed by atoms with Gasteiger partial charge in [0.05, 0.1) is 45.3 Å². The Morgan fingerprint density at radius 1 is 0.618 bits per heavy atom. The van der Waals surface area contributed by atoms with Crippen molar-refractivity contribution in [3.05, 3.63) is 102 Å². The molecule has 284 valence electrons. The number of pyridine rings is 1. The predicted molar refractivity (Wildman–Crippen MR) is 196 cm³/mol. The summed E-state index contributed by atoms with van der Waals surface area (Å²) in [5.41, 5.74) is 1.56. The second kappa shape index (κ2) is 14.4. The summed E-state index contributed by atoms with van der Waals surface area (Å²) in [6.07, 6.45) is 0. The number of aromatic nitrogens is 1. The van der Waals surface area contributed by atoms with Crippen LogP contribution in [0.1, 0.15) is 11.1 Å². The topological polar surface area (TPSA) is 247 Å². The molecule has 6 aromatic rings. The van der Waals surface area contributed by atoms with Crippen LogP contribution in [0.15, 0.2) is 114 Å². The molecule has 0 saturated carbocycles. The Balaban J connectivity index is 1.45. The highest BCUT2D eigenvalue weighted by molar-refractivity contribution is 7.87. The fourth-order valence-electron chi connectivity index (χ4n) is 5.54. The van der Waals surface area contributed by atoms with Crippen molar-refractivity contribution in [3.8, 4) is 5.75 Å². The number of azo groups is 2. The Labute approximate surface area is 311 Å². The van der Waals surface area contributed by atoms with Crippen molar-refractivity contribution in [1.29, 1.82) is 0 Å². The number of aryl methyl sites for hydroxylation is 2. The lowest BCUT2D eigenvalue weighted by atomic mass is 10.0. The van der Waals surface area contributed by atoms with Gasteiger partial charge < -0.3 is 10.1 Å². The molecule has 5 aromatic carbocycles. The van der Waals surface area contributed by atoms with Crippen molar-refractivity contribution < 1.29 is 52.4 Å². The number of nitrogens with one attached hydrogen (secondary N) is 1. The molecule has 4 N–H and O–H groups in total. The smallest absolute Gasteiger partial charge is 0.295 e. The highest BCUT2D eigenvalue weighted by atomic mass is 32.2. The van der Waals surface area contributed by atoms with E-state index in [0.717, 1.165) is 24.3 Å². The second-order valence-corrected chi connectivity index (χ2v) is 16.1. The average molecular weight is 813 g/mol. The highest BCUT2D eigenvalue weighted by Gasteiger charge is 2.24. The number of fused-ring (bicyclic) bond motifs is 2. The molecule has 0 bridgehead atoms. The van der Waals surface area contributed by atoms with Crippen molar-refractivity contribution in [2.24, 2.45) is 20.5 Å². The standard InChI is InChI=1S/C34H26F2N6O10S3/c1-17-4-7-27(34-23(17)14-21(54(46,47)48)15-31(34)55(49,50)51)41-39-25-8-9-26(24-13-20(53(43,44)45)5-6-22(24)25)40-42-28-16-30(52-3)29(10-18(28)2)37-33-12-19(35)11-32(36)38-33/h4-16H,1-3H3,(H,37,38)(H,43,44,45)(H,46,47,48)(H,49,50,51). The van der Waals surface area contributed by atoms with Gasteiger partial charge in [0.15, 0.2) is 0 Å². The number of halogens is 2. The van der Waals surface area contributed by atoms with Gasteiger partial charge >= 0.3 is 0 Å².